The van der Waals surface area contributed by atoms with E-state index in [-0.39, 0.29) is 10.6 Å². The van der Waals surface area contributed by atoms with Gasteiger partial charge in [0.15, 0.2) is 11.0 Å². The van der Waals surface area contributed by atoms with Crippen LogP contribution in [0.3, 0.4) is 0 Å². The summed E-state index contributed by atoms with van der Waals surface area (Å²) < 4.78 is 40.1. The molecule has 0 fully saturated rings. The smallest absolute Gasteiger partial charge is 0.305 e. The van der Waals surface area contributed by atoms with Gasteiger partial charge in [0.2, 0.25) is 0 Å². The number of hydrogen-bond donors (Lipinski definition) is 0. The molecule has 0 N–H and O–H groups in total. The lowest BCUT2D eigenvalue weighted by molar-refractivity contribution is -0.137. The monoisotopic (exact) mass is 369 g/mol. The second-order valence-electron chi connectivity index (χ2n) is 4.45. The van der Waals surface area contributed by atoms with Gasteiger partial charge in [0.25, 0.3) is 0 Å². The van der Waals surface area contributed by atoms with Crippen LogP contribution in [-0.4, -0.2) is 26.4 Å². The van der Waals surface area contributed by atoms with E-state index in [1.165, 1.54) is 17.8 Å². The first-order valence-corrected chi connectivity index (χ1v) is 8.19. The van der Waals surface area contributed by atoms with Crippen molar-refractivity contribution in [2.24, 2.45) is 7.05 Å². The Morgan fingerprint density at radius 3 is 2.64 bits per heavy atom. The predicted molar refractivity (Wildman–Crippen MR) is 82.5 cm³/mol. The Morgan fingerprint density at radius 2 is 2.00 bits per heavy atom. The number of nitrogens with zero attached hydrogens (tertiary/aromatic N) is 3. The molecule has 22 heavy (non-hydrogen) atoms. The fourth-order valence-corrected chi connectivity index (χ4v) is 3.11. The summed E-state index contributed by atoms with van der Waals surface area (Å²) in [5, 5.41) is 8.75. The molecule has 0 amide bonds. The molecule has 2 aromatic rings. The first kappa shape index (κ1) is 17.4. The van der Waals surface area contributed by atoms with Gasteiger partial charge in [-0.15, -0.1) is 21.8 Å². The van der Waals surface area contributed by atoms with Crippen LogP contribution >= 0.6 is 35.0 Å². The van der Waals surface area contributed by atoms with Crippen molar-refractivity contribution < 1.29 is 13.2 Å². The zero-order chi connectivity index (χ0) is 16.3. The third kappa shape index (κ3) is 3.88. The van der Waals surface area contributed by atoms with Crippen molar-refractivity contribution in [3.05, 3.63) is 28.8 Å². The van der Waals surface area contributed by atoms with Crippen LogP contribution in [-0.2, 0) is 13.2 Å². The number of hydrogen-bond acceptors (Lipinski definition) is 3. The average Bonchev–Trinajstić information content (AvgIpc) is 2.80. The molecule has 120 valence electrons. The SMILES string of the molecule is Cn1c(SCCCCl)nnc1-c1cc(C(F)(F)F)ccc1Cl. The summed E-state index contributed by atoms with van der Waals surface area (Å²) in [4.78, 5) is 0. The zero-order valence-electron chi connectivity index (χ0n) is 11.5. The molecule has 0 unspecified atom stereocenters. The Balaban J connectivity index is 2.36. The maximum Gasteiger partial charge on any atom is 0.416 e. The van der Waals surface area contributed by atoms with Crippen LogP contribution in [0.1, 0.15) is 12.0 Å². The minimum Gasteiger partial charge on any atom is -0.305 e. The van der Waals surface area contributed by atoms with Gasteiger partial charge in [-0.2, -0.15) is 13.2 Å². The second-order valence-corrected chi connectivity index (χ2v) is 6.30. The van der Waals surface area contributed by atoms with Gasteiger partial charge >= 0.3 is 6.18 Å². The fourth-order valence-electron chi connectivity index (χ4n) is 1.77. The summed E-state index contributed by atoms with van der Waals surface area (Å²) in [7, 11) is 1.69. The highest BCUT2D eigenvalue weighted by molar-refractivity contribution is 7.99. The lowest BCUT2D eigenvalue weighted by Crippen LogP contribution is -2.05. The standard InChI is InChI=1S/C13H12Cl2F3N3S/c1-21-11(19-20-12(21)22-6-2-5-14)9-7-8(13(16,17)18)3-4-10(9)15/h3-4,7H,2,5-6H2,1H3. The lowest BCUT2D eigenvalue weighted by atomic mass is 10.1. The summed E-state index contributed by atoms with van der Waals surface area (Å²) >= 11 is 13.1. The van der Waals surface area contributed by atoms with E-state index in [1.54, 1.807) is 11.6 Å². The van der Waals surface area contributed by atoms with Crippen LogP contribution in [0.5, 0.6) is 0 Å². The molecule has 0 aliphatic heterocycles. The van der Waals surface area contributed by atoms with Crippen molar-refractivity contribution in [3.63, 3.8) is 0 Å². The van der Waals surface area contributed by atoms with E-state index in [0.29, 0.717) is 16.9 Å². The Labute approximate surface area is 139 Å². The zero-order valence-corrected chi connectivity index (χ0v) is 13.8. The topological polar surface area (TPSA) is 30.7 Å². The largest absolute Gasteiger partial charge is 0.416 e. The molecule has 0 bridgehead atoms. The van der Waals surface area contributed by atoms with Gasteiger partial charge in [-0.05, 0) is 24.6 Å². The maximum absolute atomic E-state index is 12.8. The van der Waals surface area contributed by atoms with Gasteiger partial charge in [0.05, 0.1) is 10.6 Å². The van der Waals surface area contributed by atoms with Crippen LogP contribution in [0, 0.1) is 0 Å². The number of benzene rings is 1. The minimum atomic E-state index is -4.43. The van der Waals surface area contributed by atoms with Crippen LogP contribution in [0.2, 0.25) is 5.02 Å². The quantitative estimate of drug-likeness (QED) is 0.427. The number of thioether (sulfide) groups is 1. The normalized spacial score (nSPS) is 11.9. The number of aromatic nitrogens is 3. The molecule has 0 radical (unpaired) electrons. The van der Waals surface area contributed by atoms with E-state index in [9.17, 15) is 13.2 Å². The van der Waals surface area contributed by atoms with Crippen LogP contribution in [0.25, 0.3) is 11.4 Å². The summed E-state index contributed by atoms with van der Waals surface area (Å²) in [6, 6.07) is 3.15. The number of alkyl halides is 4. The van der Waals surface area contributed by atoms with Crippen molar-refractivity contribution in [1.29, 1.82) is 0 Å². The van der Waals surface area contributed by atoms with Crippen molar-refractivity contribution in [2.75, 3.05) is 11.6 Å². The Hall–Kier alpha value is -0.920. The van der Waals surface area contributed by atoms with Gasteiger partial charge in [-0.3, -0.25) is 0 Å². The molecule has 1 aromatic carbocycles. The van der Waals surface area contributed by atoms with Crippen LogP contribution in [0.4, 0.5) is 13.2 Å². The highest BCUT2D eigenvalue weighted by atomic mass is 35.5. The third-order valence-electron chi connectivity index (χ3n) is 2.88. The second kappa shape index (κ2) is 7.10. The summed E-state index contributed by atoms with van der Waals surface area (Å²) in [5.74, 6) is 1.59. The highest BCUT2D eigenvalue weighted by Crippen LogP contribution is 2.35. The van der Waals surface area contributed by atoms with Gasteiger partial charge in [-0.1, -0.05) is 23.4 Å². The van der Waals surface area contributed by atoms with Gasteiger partial charge in [-0.25, -0.2) is 0 Å². The lowest BCUT2D eigenvalue weighted by Gasteiger charge is -2.10. The molecule has 0 aliphatic carbocycles. The van der Waals surface area contributed by atoms with Gasteiger partial charge in [0, 0.05) is 24.2 Å². The number of rotatable bonds is 5. The Morgan fingerprint density at radius 1 is 1.27 bits per heavy atom. The molecule has 0 saturated carbocycles. The maximum atomic E-state index is 12.8. The number of halogens is 5. The Bertz CT molecular complexity index is 658. The summed E-state index contributed by atoms with van der Waals surface area (Å²) in [6.07, 6.45) is -3.63. The first-order valence-electron chi connectivity index (χ1n) is 6.30. The third-order valence-corrected chi connectivity index (χ3v) is 4.58. The van der Waals surface area contributed by atoms with E-state index >= 15 is 0 Å². The first-order chi connectivity index (χ1) is 10.3. The van der Waals surface area contributed by atoms with Crippen molar-refractivity contribution in [3.8, 4) is 11.4 Å². The van der Waals surface area contributed by atoms with E-state index in [4.69, 9.17) is 23.2 Å². The fraction of sp³-hybridized carbons (Fsp3) is 0.385. The molecular formula is C13H12Cl2F3N3S. The molecule has 0 atom stereocenters. The Kier molecular flexibility index (Phi) is 5.63. The van der Waals surface area contributed by atoms with Gasteiger partial charge < -0.3 is 4.57 Å². The van der Waals surface area contributed by atoms with Crippen LogP contribution in [0.15, 0.2) is 23.4 Å². The van der Waals surface area contributed by atoms with E-state index < -0.39 is 11.7 Å². The molecule has 1 heterocycles. The minimum absolute atomic E-state index is 0.195. The van der Waals surface area contributed by atoms with Crippen molar-refractivity contribution in [1.82, 2.24) is 14.8 Å². The van der Waals surface area contributed by atoms with Gasteiger partial charge in [0.1, 0.15) is 0 Å². The van der Waals surface area contributed by atoms with Crippen LogP contribution < -0.4 is 0 Å². The van der Waals surface area contributed by atoms with E-state index in [2.05, 4.69) is 10.2 Å². The highest BCUT2D eigenvalue weighted by Gasteiger charge is 2.31. The van der Waals surface area contributed by atoms with Crippen molar-refractivity contribution in [2.45, 2.75) is 17.8 Å². The summed E-state index contributed by atoms with van der Waals surface area (Å²) in [5.41, 5.74) is -0.568. The molecular weight excluding hydrogens is 358 g/mol. The average molecular weight is 370 g/mol. The molecule has 3 nitrogen and oxygen atoms in total. The van der Waals surface area contributed by atoms with Crippen molar-refractivity contribution >= 4 is 35.0 Å². The van der Waals surface area contributed by atoms with E-state index in [1.807, 2.05) is 0 Å². The molecule has 0 aliphatic rings. The molecule has 0 saturated heterocycles. The predicted octanol–water partition coefficient (Wildman–Crippen LogP) is 4.88. The summed E-state index contributed by atoms with van der Waals surface area (Å²) in [6.45, 7) is 0. The molecule has 2 rings (SSSR count). The van der Waals surface area contributed by atoms with E-state index in [0.717, 1.165) is 24.3 Å². The molecule has 1 aromatic heterocycles. The molecule has 9 heteroatoms. The molecule has 0 spiro atoms.